The molecule has 4 nitrogen and oxygen atoms in total. The van der Waals surface area contributed by atoms with Gasteiger partial charge in [0.2, 0.25) is 0 Å². The lowest BCUT2D eigenvalue weighted by Gasteiger charge is -2.35. The summed E-state index contributed by atoms with van der Waals surface area (Å²) in [5, 5.41) is 0. The predicted molar refractivity (Wildman–Crippen MR) is 45.9 cm³/mol. The molecule has 0 aromatic heterocycles. The Balaban J connectivity index is 2.54. The van der Waals surface area contributed by atoms with Crippen molar-refractivity contribution < 1.29 is 9.53 Å². The lowest BCUT2D eigenvalue weighted by molar-refractivity contribution is -0.148. The summed E-state index contributed by atoms with van der Waals surface area (Å²) in [6, 6.07) is -0.0891. The van der Waals surface area contributed by atoms with Gasteiger partial charge < -0.3 is 9.64 Å². The van der Waals surface area contributed by atoms with Crippen LogP contribution in [-0.2, 0) is 9.53 Å². The molecule has 0 bridgehead atoms. The summed E-state index contributed by atoms with van der Waals surface area (Å²) in [6.45, 7) is 2.71. The highest BCUT2D eigenvalue weighted by Gasteiger charge is 2.28. The molecule has 0 aromatic carbocycles. The number of rotatable bonds is 1. The molecule has 0 radical (unpaired) electrons. The molecule has 12 heavy (non-hydrogen) atoms. The third-order valence-corrected chi connectivity index (χ3v) is 2.32. The van der Waals surface area contributed by atoms with Crippen molar-refractivity contribution >= 4 is 5.97 Å². The Labute approximate surface area is 73.1 Å². The first-order valence-corrected chi connectivity index (χ1v) is 4.11. The van der Waals surface area contributed by atoms with E-state index in [1.54, 1.807) is 0 Å². The summed E-state index contributed by atoms with van der Waals surface area (Å²) >= 11 is 0. The highest BCUT2D eigenvalue weighted by atomic mass is 16.5. The minimum absolute atomic E-state index is 0.0891. The number of hydrogen-bond acceptors (Lipinski definition) is 4. The van der Waals surface area contributed by atoms with E-state index in [1.165, 1.54) is 7.11 Å². The standard InChI is InChI=1S/C8H16N2O2/c1-9-4-5-10(2)7(6-9)8(11)12-3/h7H,4-6H2,1-3H3/t7-/m1/s1. The first kappa shape index (κ1) is 9.48. The average molecular weight is 172 g/mol. The molecular formula is C8H16N2O2. The van der Waals surface area contributed by atoms with Gasteiger partial charge in [0.05, 0.1) is 7.11 Å². The Hall–Kier alpha value is -0.610. The van der Waals surface area contributed by atoms with E-state index in [-0.39, 0.29) is 12.0 Å². The van der Waals surface area contributed by atoms with E-state index >= 15 is 0 Å². The fraction of sp³-hybridized carbons (Fsp3) is 0.875. The molecule has 0 amide bonds. The van der Waals surface area contributed by atoms with Gasteiger partial charge in [0, 0.05) is 19.6 Å². The summed E-state index contributed by atoms with van der Waals surface area (Å²) in [7, 11) is 5.41. The van der Waals surface area contributed by atoms with E-state index in [4.69, 9.17) is 4.74 Å². The SMILES string of the molecule is COC(=O)[C@H]1CN(C)CCN1C. The molecule has 1 aliphatic rings. The van der Waals surface area contributed by atoms with E-state index < -0.39 is 0 Å². The van der Waals surface area contributed by atoms with Crippen molar-refractivity contribution in [2.24, 2.45) is 0 Å². The Bertz CT molecular complexity index is 172. The molecular weight excluding hydrogens is 156 g/mol. The van der Waals surface area contributed by atoms with Crippen LogP contribution in [0.2, 0.25) is 0 Å². The number of methoxy groups -OCH3 is 1. The molecule has 4 heteroatoms. The number of piperazine rings is 1. The number of hydrogen-bond donors (Lipinski definition) is 0. The molecule has 0 spiro atoms. The normalized spacial score (nSPS) is 27.1. The van der Waals surface area contributed by atoms with Gasteiger partial charge in [0.25, 0.3) is 0 Å². The summed E-state index contributed by atoms with van der Waals surface area (Å²) < 4.78 is 4.70. The summed E-state index contributed by atoms with van der Waals surface area (Å²) in [5.41, 5.74) is 0. The molecule has 0 aliphatic carbocycles. The van der Waals surface area contributed by atoms with Gasteiger partial charge in [0.1, 0.15) is 6.04 Å². The van der Waals surface area contributed by atoms with Crippen molar-refractivity contribution in [1.29, 1.82) is 0 Å². The Morgan fingerprint density at radius 1 is 1.42 bits per heavy atom. The second-order valence-electron chi connectivity index (χ2n) is 3.28. The van der Waals surface area contributed by atoms with Crippen LogP contribution in [0.4, 0.5) is 0 Å². The van der Waals surface area contributed by atoms with Crippen LogP contribution in [-0.4, -0.2) is 62.7 Å². The van der Waals surface area contributed by atoms with E-state index in [0.29, 0.717) is 0 Å². The van der Waals surface area contributed by atoms with Crippen LogP contribution in [0.25, 0.3) is 0 Å². The molecule has 0 unspecified atom stereocenters. The fourth-order valence-corrected chi connectivity index (χ4v) is 1.40. The monoisotopic (exact) mass is 172 g/mol. The summed E-state index contributed by atoms with van der Waals surface area (Å²) in [6.07, 6.45) is 0. The van der Waals surface area contributed by atoms with Gasteiger partial charge in [-0.2, -0.15) is 0 Å². The maximum Gasteiger partial charge on any atom is 0.324 e. The summed E-state index contributed by atoms with van der Waals surface area (Å²) in [5.74, 6) is -0.135. The van der Waals surface area contributed by atoms with Crippen molar-refractivity contribution in [1.82, 2.24) is 9.80 Å². The van der Waals surface area contributed by atoms with Crippen LogP contribution >= 0.6 is 0 Å². The number of ether oxygens (including phenoxy) is 1. The van der Waals surface area contributed by atoms with Crippen molar-refractivity contribution in [3.63, 3.8) is 0 Å². The van der Waals surface area contributed by atoms with Gasteiger partial charge >= 0.3 is 5.97 Å². The fourth-order valence-electron chi connectivity index (χ4n) is 1.40. The van der Waals surface area contributed by atoms with Crippen molar-refractivity contribution in [2.45, 2.75) is 6.04 Å². The maximum atomic E-state index is 11.2. The molecule has 0 N–H and O–H groups in total. The van der Waals surface area contributed by atoms with Crippen LogP contribution in [0.15, 0.2) is 0 Å². The second-order valence-corrected chi connectivity index (χ2v) is 3.28. The highest BCUT2D eigenvalue weighted by Crippen LogP contribution is 2.06. The van der Waals surface area contributed by atoms with E-state index in [1.807, 2.05) is 19.0 Å². The Morgan fingerprint density at radius 3 is 2.67 bits per heavy atom. The predicted octanol–water partition coefficient (Wildman–Crippen LogP) is -0.595. The molecule has 1 heterocycles. The lowest BCUT2D eigenvalue weighted by Crippen LogP contribution is -2.53. The van der Waals surface area contributed by atoms with Gasteiger partial charge in [-0.15, -0.1) is 0 Å². The van der Waals surface area contributed by atoms with E-state index in [9.17, 15) is 4.79 Å². The quantitative estimate of drug-likeness (QED) is 0.495. The zero-order valence-corrected chi connectivity index (χ0v) is 7.91. The van der Waals surface area contributed by atoms with Crippen LogP contribution in [0, 0.1) is 0 Å². The smallest absolute Gasteiger partial charge is 0.324 e. The third-order valence-electron chi connectivity index (χ3n) is 2.32. The van der Waals surface area contributed by atoms with Crippen molar-refractivity contribution in [3.05, 3.63) is 0 Å². The van der Waals surface area contributed by atoms with Crippen molar-refractivity contribution in [3.8, 4) is 0 Å². The highest BCUT2D eigenvalue weighted by molar-refractivity contribution is 5.76. The Morgan fingerprint density at radius 2 is 2.08 bits per heavy atom. The minimum Gasteiger partial charge on any atom is -0.468 e. The number of carbonyl (C=O) groups excluding carboxylic acids is 1. The molecule has 1 rings (SSSR count). The average Bonchev–Trinajstić information content (AvgIpc) is 2.08. The molecule has 1 aliphatic heterocycles. The van der Waals surface area contributed by atoms with Crippen LogP contribution in [0.5, 0.6) is 0 Å². The molecule has 1 atom stereocenters. The van der Waals surface area contributed by atoms with Gasteiger partial charge in [-0.05, 0) is 14.1 Å². The number of nitrogens with zero attached hydrogens (tertiary/aromatic N) is 2. The number of carbonyl (C=O) groups is 1. The largest absolute Gasteiger partial charge is 0.468 e. The van der Waals surface area contributed by atoms with E-state index in [2.05, 4.69) is 4.90 Å². The molecule has 1 fully saturated rings. The minimum atomic E-state index is -0.135. The molecule has 1 saturated heterocycles. The van der Waals surface area contributed by atoms with Gasteiger partial charge in [-0.25, -0.2) is 0 Å². The van der Waals surface area contributed by atoms with Gasteiger partial charge in [0.15, 0.2) is 0 Å². The zero-order chi connectivity index (χ0) is 9.14. The van der Waals surface area contributed by atoms with Crippen LogP contribution < -0.4 is 0 Å². The van der Waals surface area contributed by atoms with Crippen LogP contribution in [0.1, 0.15) is 0 Å². The van der Waals surface area contributed by atoms with Gasteiger partial charge in [-0.1, -0.05) is 0 Å². The first-order chi connectivity index (χ1) is 5.65. The third kappa shape index (κ3) is 1.95. The zero-order valence-electron chi connectivity index (χ0n) is 7.91. The van der Waals surface area contributed by atoms with Gasteiger partial charge in [-0.3, -0.25) is 9.69 Å². The maximum absolute atomic E-state index is 11.2. The summed E-state index contributed by atoms with van der Waals surface area (Å²) in [4.78, 5) is 15.4. The van der Waals surface area contributed by atoms with E-state index in [0.717, 1.165) is 19.6 Å². The number of esters is 1. The molecule has 0 saturated carbocycles. The van der Waals surface area contributed by atoms with Crippen molar-refractivity contribution in [2.75, 3.05) is 40.8 Å². The van der Waals surface area contributed by atoms with Crippen LogP contribution in [0.3, 0.4) is 0 Å². The first-order valence-electron chi connectivity index (χ1n) is 4.11. The topological polar surface area (TPSA) is 32.8 Å². The molecule has 0 aromatic rings. The second kappa shape index (κ2) is 3.87. The molecule has 70 valence electrons. The number of likely N-dealkylation sites (N-methyl/N-ethyl adjacent to an activating group) is 2. The lowest BCUT2D eigenvalue weighted by atomic mass is 10.2. The Kier molecular flexibility index (Phi) is 3.05.